The molecule has 142 valence electrons. The molecule has 2 aliphatic rings. The largest absolute Gasteiger partial charge is 0.324 e. The highest BCUT2D eigenvalue weighted by Crippen LogP contribution is 2.32. The van der Waals surface area contributed by atoms with E-state index in [-0.39, 0.29) is 6.54 Å². The van der Waals surface area contributed by atoms with Crippen molar-refractivity contribution in [3.63, 3.8) is 0 Å². The van der Waals surface area contributed by atoms with Crippen LogP contribution in [0, 0.1) is 0 Å². The van der Waals surface area contributed by atoms with Crippen molar-refractivity contribution in [2.45, 2.75) is 12.1 Å². The summed E-state index contributed by atoms with van der Waals surface area (Å²) >= 11 is 11.8. The average molecular weight is 418 g/mol. The summed E-state index contributed by atoms with van der Waals surface area (Å²) < 4.78 is 0. The molecule has 0 aromatic heterocycles. The lowest BCUT2D eigenvalue weighted by Crippen LogP contribution is -2.43. The van der Waals surface area contributed by atoms with Gasteiger partial charge in [-0.3, -0.25) is 19.4 Å². The van der Waals surface area contributed by atoms with Gasteiger partial charge in [0.05, 0.1) is 5.69 Å². The van der Waals surface area contributed by atoms with Gasteiger partial charge in [0.2, 0.25) is 5.91 Å². The molecule has 1 fully saturated rings. The second-order valence-corrected chi connectivity index (χ2v) is 7.11. The molecule has 2 heterocycles. The summed E-state index contributed by atoms with van der Waals surface area (Å²) in [4.78, 5) is 38.8. The van der Waals surface area contributed by atoms with Gasteiger partial charge in [-0.15, -0.1) is 0 Å². The zero-order valence-electron chi connectivity index (χ0n) is 14.3. The summed E-state index contributed by atoms with van der Waals surface area (Å²) in [6.07, 6.45) is 0. The zero-order valence-corrected chi connectivity index (χ0v) is 15.8. The Labute approximate surface area is 169 Å². The third-order valence-corrected chi connectivity index (χ3v) is 4.84. The van der Waals surface area contributed by atoms with Crippen LogP contribution >= 0.6 is 23.2 Å². The molecule has 0 radical (unpaired) electrons. The van der Waals surface area contributed by atoms with Gasteiger partial charge in [-0.25, -0.2) is 4.90 Å². The summed E-state index contributed by atoms with van der Waals surface area (Å²) in [7, 11) is 0. The molecule has 0 saturated carbocycles. The molecule has 0 aliphatic carbocycles. The lowest BCUT2D eigenvalue weighted by atomic mass is 10.1. The third-order valence-electron chi connectivity index (χ3n) is 4.36. The van der Waals surface area contributed by atoms with E-state index in [0.29, 0.717) is 21.4 Å². The van der Waals surface area contributed by atoms with Crippen LogP contribution in [0.3, 0.4) is 0 Å². The lowest BCUT2D eigenvalue weighted by molar-refractivity contribution is -0.123. The molecule has 8 nitrogen and oxygen atoms in total. The lowest BCUT2D eigenvalue weighted by Gasteiger charge is -2.20. The molecule has 1 N–H and O–H groups in total. The molecular formula is C18H13Cl2N5O3. The fourth-order valence-electron chi connectivity index (χ4n) is 3.11. The number of carbonyl (C=O) groups excluding carboxylic acids is 3. The van der Waals surface area contributed by atoms with Gasteiger partial charge in [0.15, 0.2) is 12.1 Å². The second-order valence-electron chi connectivity index (χ2n) is 6.24. The highest BCUT2D eigenvalue weighted by Gasteiger charge is 2.55. The smallest absolute Gasteiger partial charge is 0.263 e. The van der Waals surface area contributed by atoms with E-state index in [1.807, 2.05) is 0 Å². The average Bonchev–Trinajstić information content (AvgIpc) is 3.16. The van der Waals surface area contributed by atoms with Crippen LogP contribution in [0.15, 0.2) is 58.9 Å². The molecule has 1 saturated heterocycles. The number of hydrogen-bond donors (Lipinski definition) is 1. The maximum absolute atomic E-state index is 12.8. The van der Waals surface area contributed by atoms with Gasteiger partial charge in [-0.2, -0.15) is 5.11 Å². The Morgan fingerprint density at radius 2 is 1.79 bits per heavy atom. The van der Waals surface area contributed by atoms with Crippen molar-refractivity contribution in [1.82, 2.24) is 5.01 Å². The molecule has 2 aromatic rings. The molecule has 0 bridgehead atoms. The standard InChI is InChI=1S/C18H13Cl2N5O3/c19-10-4-6-13(7-5-10)25-17(27)15-16(18(25)28)24(23-22-15)9-14(26)21-12-3-1-2-11(20)8-12/h1-8,15-16H,9H2,(H,21,26). The Balaban J connectivity index is 1.48. The Hall–Kier alpha value is -2.97. The number of rotatable bonds is 4. The summed E-state index contributed by atoms with van der Waals surface area (Å²) in [5.74, 6) is -1.39. The SMILES string of the molecule is O=C(CN1N=NC2C(=O)N(c3ccc(Cl)cc3)C(=O)C21)Nc1cccc(Cl)c1. The number of imide groups is 1. The van der Waals surface area contributed by atoms with E-state index in [1.165, 1.54) is 5.01 Å². The molecule has 2 atom stereocenters. The van der Waals surface area contributed by atoms with Crippen LogP contribution in [0.5, 0.6) is 0 Å². The predicted molar refractivity (Wildman–Crippen MR) is 103 cm³/mol. The third kappa shape index (κ3) is 3.32. The quantitative estimate of drug-likeness (QED) is 0.773. The van der Waals surface area contributed by atoms with Gasteiger partial charge in [-0.05, 0) is 42.5 Å². The van der Waals surface area contributed by atoms with Crippen LogP contribution in [-0.2, 0) is 14.4 Å². The number of benzene rings is 2. The van der Waals surface area contributed by atoms with Crippen LogP contribution in [-0.4, -0.2) is 41.4 Å². The Kier molecular flexibility index (Phi) is 4.74. The number of anilines is 2. The molecule has 4 rings (SSSR count). The second kappa shape index (κ2) is 7.21. The first kappa shape index (κ1) is 18.4. The number of fused-ring (bicyclic) bond motifs is 1. The van der Waals surface area contributed by atoms with Crippen LogP contribution in [0.4, 0.5) is 11.4 Å². The van der Waals surface area contributed by atoms with E-state index >= 15 is 0 Å². The van der Waals surface area contributed by atoms with Gasteiger partial charge in [0, 0.05) is 15.7 Å². The van der Waals surface area contributed by atoms with E-state index in [4.69, 9.17) is 23.2 Å². The molecule has 10 heteroatoms. The van der Waals surface area contributed by atoms with Gasteiger partial charge in [-0.1, -0.05) is 34.5 Å². The zero-order chi connectivity index (χ0) is 19.8. The van der Waals surface area contributed by atoms with E-state index in [0.717, 1.165) is 4.90 Å². The van der Waals surface area contributed by atoms with Crippen molar-refractivity contribution in [3.8, 4) is 0 Å². The van der Waals surface area contributed by atoms with E-state index < -0.39 is 29.8 Å². The molecule has 28 heavy (non-hydrogen) atoms. The molecular weight excluding hydrogens is 405 g/mol. The van der Waals surface area contributed by atoms with Gasteiger partial charge >= 0.3 is 0 Å². The van der Waals surface area contributed by atoms with Crippen LogP contribution in [0.25, 0.3) is 0 Å². The van der Waals surface area contributed by atoms with Crippen molar-refractivity contribution < 1.29 is 14.4 Å². The fourth-order valence-corrected chi connectivity index (χ4v) is 3.43. The summed E-state index contributed by atoms with van der Waals surface area (Å²) in [5.41, 5.74) is 0.911. The maximum atomic E-state index is 12.8. The van der Waals surface area contributed by atoms with Crippen molar-refractivity contribution in [2.24, 2.45) is 10.3 Å². The molecule has 2 unspecified atom stereocenters. The summed E-state index contributed by atoms with van der Waals surface area (Å²) in [6, 6.07) is 11.1. The van der Waals surface area contributed by atoms with Crippen molar-refractivity contribution in [3.05, 3.63) is 58.6 Å². The minimum atomic E-state index is -0.970. The number of nitrogens with zero attached hydrogens (tertiary/aromatic N) is 4. The van der Waals surface area contributed by atoms with Gasteiger partial charge in [0.25, 0.3) is 11.8 Å². The van der Waals surface area contributed by atoms with Crippen molar-refractivity contribution >= 4 is 52.3 Å². The minimum absolute atomic E-state index is 0.231. The van der Waals surface area contributed by atoms with Crippen LogP contribution in [0.2, 0.25) is 10.0 Å². The number of nitrogens with one attached hydrogen (secondary N) is 1. The molecule has 2 aromatic carbocycles. The topological polar surface area (TPSA) is 94.4 Å². The maximum Gasteiger partial charge on any atom is 0.263 e. The first-order valence-electron chi connectivity index (χ1n) is 8.30. The van der Waals surface area contributed by atoms with Crippen LogP contribution < -0.4 is 10.2 Å². The Morgan fingerprint density at radius 3 is 2.50 bits per heavy atom. The minimum Gasteiger partial charge on any atom is -0.324 e. The van der Waals surface area contributed by atoms with Crippen LogP contribution in [0.1, 0.15) is 0 Å². The Bertz CT molecular complexity index is 995. The van der Waals surface area contributed by atoms with E-state index in [1.54, 1.807) is 48.5 Å². The Morgan fingerprint density at radius 1 is 1.04 bits per heavy atom. The predicted octanol–water partition coefficient (Wildman–Crippen LogP) is 2.93. The summed E-state index contributed by atoms with van der Waals surface area (Å²) in [6.45, 7) is -0.231. The molecule has 2 aliphatic heterocycles. The van der Waals surface area contributed by atoms with Gasteiger partial charge < -0.3 is 5.32 Å². The fraction of sp³-hybridized carbons (Fsp3) is 0.167. The molecule has 0 spiro atoms. The normalized spacial score (nSPS) is 20.6. The summed E-state index contributed by atoms with van der Waals surface area (Å²) in [5, 5.41) is 12.6. The van der Waals surface area contributed by atoms with E-state index in [2.05, 4.69) is 15.7 Å². The number of amides is 3. The molecule has 3 amide bonds. The van der Waals surface area contributed by atoms with Gasteiger partial charge in [0.1, 0.15) is 6.54 Å². The monoisotopic (exact) mass is 417 g/mol. The van der Waals surface area contributed by atoms with E-state index in [9.17, 15) is 14.4 Å². The first-order valence-corrected chi connectivity index (χ1v) is 9.06. The highest BCUT2D eigenvalue weighted by molar-refractivity contribution is 6.31. The number of hydrogen-bond acceptors (Lipinski definition) is 6. The van der Waals surface area contributed by atoms with Crippen molar-refractivity contribution in [2.75, 3.05) is 16.8 Å². The van der Waals surface area contributed by atoms with Crippen molar-refractivity contribution in [1.29, 1.82) is 0 Å². The number of halogens is 2. The first-order chi connectivity index (χ1) is 13.4. The highest BCUT2D eigenvalue weighted by atomic mass is 35.5. The number of carbonyl (C=O) groups is 3.